The Morgan fingerprint density at radius 1 is 1.27 bits per heavy atom. The molecule has 4 atom stereocenters. The van der Waals surface area contributed by atoms with Gasteiger partial charge < -0.3 is 18.8 Å². The zero-order valence-corrected chi connectivity index (χ0v) is 13.3. The van der Waals surface area contributed by atoms with Gasteiger partial charge in [-0.25, -0.2) is 9.97 Å². The van der Waals surface area contributed by atoms with Crippen LogP contribution in [0.25, 0.3) is 11.0 Å². The molecule has 22 heavy (non-hydrogen) atoms. The van der Waals surface area contributed by atoms with E-state index in [1.165, 1.54) is 0 Å². The van der Waals surface area contributed by atoms with E-state index in [4.69, 9.17) is 14.2 Å². The molecule has 0 spiro atoms. The van der Waals surface area contributed by atoms with Crippen LogP contribution >= 0.6 is 0 Å². The fraction of sp³-hybridized carbons (Fsp3) is 0.625. The quantitative estimate of drug-likeness (QED) is 0.851. The smallest absolute Gasteiger partial charge is 0.164 e. The van der Waals surface area contributed by atoms with E-state index in [9.17, 15) is 0 Å². The second-order valence-electron chi connectivity index (χ2n) is 6.56. The molecule has 1 aliphatic carbocycles. The number of hydrogen-bond acceptors (Lipinski definition) is 5. The molecule has 6 nitrogen and oxygen atoms in total. The highest BCUT2D eigenvalue weighted by atomic mass is 16.8. The molecule has 2 aliphatic rings. The minimum Gasteiger partial charge on any atom is -0.379 e. The third-order valence-electron chi connectivity index (χ3n) is 4.75. The van der Waals surface area contributed by atoms with Crippen LogP contribution in [0.1, 0.15) is 32.0 Å². The SMILES string of the molecule is CO[C@H]1C[C@@H](n2ccc3c(C)ncnc32)[C@@H]2OC(C)(C)O[C@@H]21. The minimum atomic E-state index is -0.571. The van der Waals surface area contributed by atoms with Crippen molar-refractivity contribution in [2.75, 3.05) is 7.11 Å². The van der Waals surface area contributed by atoms with Crippen LogP contribution in [-0.4, -0.2) is 45.7 Å². The normalized spacial score (nSPS) is 33.5. The first kappa shape index (κ1) is 14.1. The number of ether oxygens (including phenoxy) is 3. The predicted octanol–water partition coefficient (Wildman–Crippen LogP) is 2.22. The van der Waals surface area contributed by atoms with Crippen LogP contribution < -0.4 is 0 Å². The molecule has 2 aromatic heterocycles. The number of fused-ring (bicyclic) bond motifs is 2. The highest BCUT2D eigenvalue weighted by Crippen LogP contribution is 2.45. The molecular formula is C16H21N3O3. The van der Waals surface area contributed by atoms with Gasteiger partial charge in [-0.3, -0.25) is 0 Å². The Morgan fingerprint density at radius 2 is 2.05 bits per heavy atom. The van der Waals surface area contributed by atoms with Gasteiger partial charge in [0.2, 0.25) is 0 Å². The van der Waals surface area contributed by atoms with E-state index < -0.39 is 5.79 Å². The molecule has 1 saturated carbocycles. The zero-order chi connectivity index (χ0) is 15.5. The van der Waals surface area contributed by atoms with Crippen LogP contribution in [0, 0.1) is 6.92 Å². The van der Waals surface area contributed by atoms with Crippen LogP contribution in [0.4, 0.5) is 0 Å². The number of nitrogens with zero attached hydrogens (tertiary/aromatic N) is 3. The Labute approximate surface area is 129 Å². The van der Waals surface area contributed by atoms with Crippen LogP contribution in [0.5, 0.6) is 0 Å². The van der Waals surface area contributed by atoms with Crippen LogP contribution in [0.15, 0.2) is 18.6 Å². The van der Waals surface area contributed by atoms with Gasteiger partial charge in [0.25, 0.3) is 0 Å². The van der Waals surface area contributed by atoms with Gasteiger partial charge >= 0.3 is 0 Å². The summed E-state index contributed by atoms with van der Waals surface area (Å²) in [6.45, 7) is 5.91. The molecule has 0 amide bonds. The Morgan fingerprint density at radius 3 is 2.82 bits per heavy atom. The molecule has 118 valence electrons. The molecule has 1 aliphatic heterocycles. The van der Waals surface area contributed by atoms with Crippen molar-refractivity contribution < 1.29 is 14.2 Å². The fourth-order valence-electron chi connectivity index (χ4n) is 3.78. The Kier molecular flexibility index (Phi) is 3.04. The fourth-order valence-corrected chi connectivity index (χ4v) is 3.78. The lowest BCUT2D eigenvalue weighted by Gasteiger charge is -2.24. The highest BCUT2D eigenvalue weighted by molar-refractivity contribution is 5.78. The van der Waals surface area contributed by atoms with Gasteiger partial charge in [-0.2, -0.15) is 0 Å². The van der Waals surface area contributed by atoms with E-state index >= 15 is 0 Å². The summed E-state index contributed by atoms with van der Waals surface area (Å²) in [7, 11) is 1.73. The van der Waals surface area contributed by atoms with Crippen molar-refractivity contribution >= 4 is 11.0 Å². The molecule has 3 heterocycles. The van der Waals surface area contributed by atoms with E-state index in [0.717, 1.165) is 23.1 Å². The molecule has 6 heteroatoms. The summed E-state index contributed by atoms with van der Waals surface area (Å²) in [5.41, 5.74) is 1.94. The minimum absolute atomic E-state index is 0.0224. The van der Waals surface area contributed by atoms with Gasteiger partial charge in [-0.15, -0.1) is 0 Å². The van der Waals surface area contributed by atoms with Crippen molar-refractivity contribution in [2.24, 2.45) is 0 Å². The molecule has 1 saturated heterocycles. The lowest BCUT2D eigenvalue weighted by molar-refractivity contribution is -0.167. The van der Waals surface area contributed by atoms with Crippen molar-refractivity contribution in [3.63, 3.8) is 0 Å². The summed E-state index contributed by atoms with van der Waals surface area (Å²) >= 11 is 0. The second-order valence-corrected chi connectivity index (χ2v) is 6.56. The van der Waals surface area contributed by atoms with Crippen LogP contribution in [-0.2, 0) is 14.2 Å². The zero-order valence-electron chi connectivity index (χ0n) is 13.3. The number of aromatic nitrogens is 3. The van der Waals surface area contributed by atoms with Gasteiger partial charge in [0, 0.05) is 18.7 Å². The molecular weight excluding hydrogens is 282 g/mol. The van der Waals surface area contributed by atoms with Gasteiger partial charge in [0.1, 0.15) is 24.2 Å². The highest BCUT2D eigenvalue weighted by Gasteiger charge is 2.55. The van der Waals surface area contributed by atoms with Crippen molar-refractivity contribution in [3.8, 4) is 0 Å². The standard InChI is InChI=1S/C16H21N3O3/c1-9-10-5-6-19(15(10)18-8-17-9)11-7-12(20-4)14-13(11)21-16(2,3)22-14/h5-6,8,11-14H,7H2,1-4H3/t11-,12+,13+,14-/m1/s1. The molecule has 4 rings (SSSR count). The lowest BCUT2D eigenvalue weighted by atomic mass is 10.2. The van der Waals surface area contributed by atoms with Crippen molar-refractivity contribution in [1.82, 2.24) is 14.5 Å². The maximum Gasteiger partial charge on any atom is 0.164 e. The maximum atomic E-state index is 6.15. The van der Waals surface area contributed by atoms with E-state index in [2.05, 4.69) is 26.8 Å². The van der Waals surface area contributed by atoms with Crippen molar-refractivity contribution in [2.45, 2.75) is 57.3 Å². The Balaban J connectivity index is 1.77. The van der Waals surface area contributed by atoms with Gasteiger partial charge in [-0.1, -0.05) is 0 Å². The molecule has 2 fully saturated rings. The Bertz CT molecular complexity index is 712. The lowest BCUT2D eigenvalue weighted by Crippen LogP contribution is -2.30. The van der Waals surface area contributed by atoms with E-state index in [1.54, 1.807) is 13.4 Å². The topological polar surface area (TPSA) is 58.4 Å². The number of aryl methyl sites for hydroxylation is 1. The molecule has 0 N–H and O–H groups in total. The first-order valence-corrected chi connectivity index (χ1v) is 7.67. The largest absolute Gasteiger partial charge is 0.379 e. The molecule has 0 radical (unpaired) electrons. The molecule has 0 aromatic carbocycles. The molecule has 0 unspecified atom stereocenters. The number of methoxy groups -OCH3 is 1. The monoisotopic (exact) mass is 303 g/mol. The number of rotatable bonds is 2. The number of hydrogen-bond donors (Lipinski definition) is 0. The van der Waals surface area contributed by atoms with Crippen molar-refractivity contribution in [3.05, 3.63) is 24.3 Å². The van der Waals surface area contributed by atoms with Gasteiger partial charge in [0.15, 0.2) is 5.79 Å². The molecule has 0 bridgehead atoms. The average Bonchev–Trinajstić information content (AvgIpc) is 3.10. The maximum absolute atomic E-state index is 6.15. The summed E-state index contributed by atoms with van der Waals surface area (Å²) in [6, 6.07) is 2.23. The Hall–Kier alpha value is -1.50. The second kappa shape index (κ2) is 4.75. The summed E-state index contributed by atoms with van der Waals surface area (Å²) in [5, 5.41) is 1.08. The van der Waals surface area contributed by atoms with E-state index in [-0.39, 0.29) is 24.4 Å². The summed E-state index contributed by atoms with van der Waals surface area (Å²) in [5.74, 6) is -0.571. The first-order valence-electron chi connectivity index (χ1n) is 7.67. The van der Waals surface area contributed by atoms with Gasteiger partial charge in [-0.05, 0) is 33.3 Å². The van der Waals surface area contributed by atoms with Crippen LogP contribution in [0.2, 0.25) is 0 Å². The summed E-state index contributed by atoms with van der Waals surface area (Å²) in [4.78, 5) is 8.73. The molecule has 2 aromatic rings. The predicted molar refractivity (Wildman–Crippen MR) is 80.5 cm³/mol. The van der Waals surface area contributed by atoms with Gasteiger partial charge in [0.05, 0.1) is 17.8 Å². The first-order chi connectivity index (χ1) is 10.5. The van der Waals surface area contributed by atoms with Crippen LogP contribution in [0.3, 0.4) is 0 Å². The van der Waals surface area contributed by atoms with Crippen molar-refractivity contribution in [1.29, 1.82) is 0 Å². The average molecular weight is 303 g/mol. The third kappa shape index (κ3) is 1.98. The summed E-state index contributed by atoms with van der Waals surface area (Å²) < 4.78 is 20.0. The van der Waals surface area contributed by atoms with E-state index in [1.807, 2.05) is 20.8 Å². The van der Waals surface area contributed by atoms with E-state index in [0.29, 0.717) is 0 Å². The third-order valence-corrected chi connectivity index (χ3v) is 4.75. The summed E-state index contributed by atoms with van der Waals surface area (Å²) in [6.07, 6.45) is 4.52.